The molecule has 0 radical (unpaired) electrons. The molecule has 1 unspecified atom stereocenters. The first kappa shape index (κ1) is 11.2. The molecule has 0 amide bonds. The largest absolute Gasteiger partial charge is 0.372 e. The van der Waals surface area contributed by atoms with Crippen LogP contribution in [-0.4, -0.2) is 31.0 Å². The number of rotatable bonds is 3. The molecule has 86 valence electrons. The third kappa shape index (κ3) is 2.43. The Kier molecular flexibility index (Phi) is 3.59. The molecule has 0 aromatic heterocycles. The summed E-state index contributed by atoms with van der Waals surface area (Å²) >= 11 is 0. The summed E-state index contributed by atoms with van der Waals surface area (Å²) in [5, 5.41) is 13.1. The van der Waals surface area contributed by atoms with Crippen LogP contribution in [0.3, 0.4) is 0 Å². The second-order valence-corrected chi connectivity index (χ2v) is 4.04. The van der Waals surface area contributed by atoms with Crippen molar-refractivity contribution in [2.24, 2.45) is 0 Å². The fourth-order valence-corrected chi connectivity index (χ4v) is 2.02. The smallest absolute Gasteiger partial charge is 0.139 e. The molecule has 16 heavy (non-hydrogen) atoms. The molecule has 0 aliphatic carbocycles. The molecule has 0 saturated carbocycles. The molecule has 2 rings (SSSR count). The van der Waals surface area contributed by atoms with Gasteiger partial charge in [0.1, 0.15) is 6.23 Å². The van der Waals surface area contributed by atoms with Gasteiger partial charge in [-0.1, -0.05) is 18.2 Å². The highest BCUT2D eigenvalue weighted by atomic mass is 16.3. The first-order valence-electron chi connectivity index (χ1n) is 5.66. The van der Waals surface area contributed by atoms with E-state index in [-0.39, 0.29) is 0 Å². The minimum Gasteiger partial charge on any atom is -0.372 e. The molecule has 3 heteroatoms. The standard InChI is InChI=1S/C13H18N2O/c1-2-4-11-5-3-6-12(9-11)15-8-7-14-10-13(15)16/h2-3,5-6,9,13-14,16H,1,4,7-8,10H2. The fourth-order valence-electron chi connectivity index (χ4n) is 2.02. The molecule has 3 nitrogen and oxygen atoms in total. The maximum atomic E-state index is 9.89. The average Bonchev–Trinajstić information content (AvgIpc) is 2.30. The molecule has 0 bridgehead atoms. The van der Waals surface area contributed by atoms with Crippen molar-refractivity contribution >= 4 is 5.69 Å². The predicted molar refractivity (Wildman–Crippen MR) is 66.6 cm³/mol. The summed E-state index contributed by atoms with van der Waals surface area (Å²) in [5.74, 6) is 0. The van der Waals surface area contributed by atoms with Crippen molar-refractivity contribution < 1.29 is 5.11 Å². The van der Waals surface area contributed by atoms with Gasteiger partial charge in [-0.25, -0.2) is 0 Å². The van der Waals surface area contributed by atoms with Gasteiger partial charge >= 0.3 is 0 Å². The van der Waals surface area contributed by atoms with Gasteiger partial charge in [0.05, 0.1) is 0 Å². The number of aliphatic hydroxyl groups is 1. The monoisotopic (exact) mass is 218 g/mol. The maximum absolute atomic E-state index is 9.89. The normalized spacial score (nSPS) is 20.8. The van der Waals surface area contributed by atoms with Crippen molar-refractivity contribution in [3.05, 3.63) is 42.5 Å². The van der Waals surface area contributed by atoms with Crippen molar-refractivity contribution in [2.45, 2.75) is 12.6 Å². The molecule has 1 fully saturated rings. The summed E-state index contributed by atoms with van der Waals surface area (Å²) in [6.07, 6.45) is 2.34. The molecule has 1 aromatic rings. The van der Waals surface area contributed by atoms with E-state index in [1.807, 2.05) is 23.1 Å². The zero-order valence-electron chi connectivity index (χ0n) is 9.39. The summed E-state index contributed by atoms with van der Waals surface area (Å²) in [6.45, 7) is 6.14. The van der Waals surface area contributed by atoms with Crippen LogP contribution in [0.15, 0.2) is 36.9 Å². The zero-order chi connectivity index (χ0) is 11.4. The summed E-state index contributed by atoms with van der Waals surface area (Å²) in [6, 6.07) is 8.28. The number of β-amino-alcohol motifs (C(OH)–C–C–N with tert-alkyl or cyclic N) is 1. The number of anilines is 1. The van der Waals surface area contributed by atoms with Gasteiger partial charge in [0.15, 0.2) is 0 Å². The molecule has 1 atom stereocenters. The topological polar surface area (TPSA) is 35.5 Å². The summed E-state index contributed by atoms with van der Waals surface area (Å²) in [4.78, 5) is 2.03. The van der Waals surface area contributed by atoms with E-state index < -0.39 is 6.23 Å². The minimum absolute atomic E-state index is 0.423. The Morgan fingerprint density at radius 2 is 2.44 bits per heavy atom. The van der Waals surface area contributed by atoms with Crippen LogP contribution in [-0.2, 0) is 6.42 Å². The lowest BCUT2D eigenvalue weighted by Gasteiger charge is -2.34. The quantitative estimate of drug-likeness (QED) is 0.747. The number of nitrogens with one attached hydrogen (secondary N) is 1. The molecule has 0 spiro atoms. The van der Waals surface area contributed by atoms with Crippen LogP contribution in [0.1, 0.15) is 5.56 Å². The molecular weight excluding hydrogens is 200 g/mol. The first-order chi connectivity index (χ1) is 7.81. The second kappa shape index (κ2) is 5.14. The lowest BCUT2D eigenvalue weighted by molar-refractivity contribution is 0.152. The SMILES string of the molecule is C=CCc1cccc(N2CCNCC2O)c1. The van der Waals surface area contributed by atoms with Crippen LogP contribution in [0.25, 0.3) is 0 Å². The molecule has 1 aliphatic heterocycles. The van der Waals surface area contributed by atoms with E-state index in [1.165, 1.54) is 5.56 Å². The van der Waals surface area contributed by atoms with Crippen molar-refractivity contribution in [3.8, 4) is 0 Å². The van der Waals surface area contributed by atoms with Crippen molar-refractivity contribution in [3.63, 3.8) is 0 Å². The summed E-state index contributed by atoms with van der Waals surface area (Å²) in [7, 11) is 0. The van der Waals surface area contributed by atoms with Crippen LogP contribution in [0.5, 0.6) is 0 Å². The van der Waals surface area contributed by atoms with Crippen LogP contribution < -0.4 is 10.2 Å². The number of aliphatic hydroxyl groups excluding tert-OH is 1. The van der Waals surface area contributed by atoms with E-state index in [9.17, 15) is 5.11 Å². The van der Waals surface area contributed by atoms with Crippen LogP contribution >= 0.6 is 0 Å². The number of allylic oxidation sites excluding steroid dienone is 1. The Labute approximate surface area is 96.4 Å². The van der Waals surface area contributed by atoms with E-state index >= 15 is 0 Å². The fraction of sp³-hybridized carbons (Fsp3) is 0.385. The lowest BCUT2D eigenvalue weighted by Crippen LogP contribution is -2.51. The molecule has 1 heterocycles. The maximum Gasteiger partial charge on any atom is 0.139 e. The Morgan fingerprint density at radius 1 is 1.56 bits per heavy atom. The number of piperazine rings is 1. The zero-order valence-corrected chi connectivity index (χ0v) is 9.39. The van der Waals surface area contributed by atoms with Crippen LogP contribution in [0, 0.1) is 0 Å². The predicted octanol–water partition coefficient (Wildman–Crippen LogP) is 1.14. The Bertz CT molecular complexity index is 365. The number of hydrogen-bond donors (Lipinski definition) is 2. The molecule has 1 aliphatic rings. The van der Waals surface area contributed by atoms with E-state index in [0.717, 1.165) is 25.2 Å². The number of hydrogen-bond acceptors (Lipinski definition) is 3. The molecular formula is C13H18N2O. The highest BCUT2D eigenvalue weighted by Gasteiger charge is 2.19. The third-order valence-electron chi connectivity index (χ3n) is 2.84. The Morgan fingerprint density at radius 3 is 3.19 bits per heavy atom. The van der Waals surface area contributed by atoms with Gasteiger partial charge < -0.3 is 15.3 Å². The number of benzene rings is 1. The number of nitrogens with zero attached hydrogens (tertiary/aromatic N) is 1. The lowest BCUT2D eigenvalue weighted by atomic mass is 10.1. The van der Waals surface area contributed by atoms with E-state index in [1.54, 1.807) is 0 Å². The molecule has 1 saturated heterocycles. The van der Waals surface area contributed by atoms with Crippen molar-refractivity contribution in [1.29, 1.82) is 0 Å². The van der Waals surface area contributed by atoms with Crippen LogP contribution in [0.2, 0.25) is 0 Å². The van der Waals surface area contributed by atoms with Gasteiger partial charge in [-0.3, -0.25) is 0 Å². The van der Waals surface area contributed by atoms with Crippen molar-refractivity contribution in [1.82, 2.24) is 5.32 Å². The van der Waals surface area contributed by atoms with E-state index in [2.05, 4.69) is 24.0 Å². The minimum atomic E-state index is -0.423. The van der Waals surface area contributed by atoms with Gasteiger partial charge in [-0.2, -0.15) is 0 Å². The van der Waals surface area contributed by atoms with Crippen molar-refractivity contribution in [2.75, 3.05) is 24.5 Å². The average molecular weight is 218 g/mol. The van der Waals surface area contributed by atoms with E-state index in [4.69, 9.17) is 0 Å². The van der Waals surface area contributed by atoms with Gasteiger partial charge in [0.2, 0.25) is 0 Å². The van der Waals surface area contributed by atoms with Gasteiger partial charge in [0, 0.05) is 25.3 Å². The second-order valence-electron chi connectivity index (χ2n) is 4.04. The van der Waals surface area contributed by atoms with E-state index in [0.29, 0.717) is 6.54 Å². The first-order valence-corrected chi connectivity index (χ1v) is 5.66. The third-order valence-corrected chi connectivity index (χ3v) is 2.84. The Balaban J connectivity index is 2.18. The Hall–Kier alpha value is -1.32. The summed E-state index contributed by atoms with van der Waals surface area (Å²) < 4.78 is 0. The summed E-state index contributed by atoms with van der Waals surface area (Å²) in [5.41, 5.74) is 2.33. The molecule has 1 aromatic carbocycles. The van der Waals surface area contributed by atoms with Gasteiger partial charge in [0.25, 0.3) is 0 Å². The van der Waals surface area contributed by atoms with Gasteiger partial charge in [-0.05, 0) is 24.1 Å². The highest BCUT2D eigenvalue weighted by Crippen LogP contribution is 2.19. The van der Waals surface area contributed by atoms with Gasteiger partial charge in [-0.15, -0.1) is 6.58 Å². The molecule has 2 N–H and O–H groups in total. The van der Waals surface area contributed by atoms with Crippen LogP contribution in [0.4, 0.5) is 5.69 Å². The highest BCUT2D eigenvalue weighted by molar-refractivity contribution is 5.49.